The van der Waals surface area contributed by atoms with Crippen LogP contribution in [0.4, 0.5) is 8.78 Å². The van der Waals surface area contributed by atoms with E-state index in [-0.39, 0.29) is 18.0 Å². The second-order valence-corrected chi connectivity index (χ2v) is 6.93. The van der Waals surface area contributed by atoms with Crippen molar-refractivity contribution < 1.29 is 23.5 Å². The molecule has 0 spiro atoms. The highest BCUT2D eigenvalue weighted by Gasteiger charge is 2.44. The maximum absolute atomic E-state index is 14.2. The lowest BCUT2D eigenvalue weighted by Crippen LogP contribution is -2.48. The topological polar surface area (TPSA) is 66.4 Å². The third kappa shape index (κ3) is 2.89. The van der Waals surface area contributed by atoms with Gasteiger partial charge in [-0.05, 0) is 37.8 Å². The van der Waals surface area contributed by atoms with Gasteiger partial charge in [0.1, 0.15) is 11.6 Å². The Morgan fingerprint density at radius 2 is 1.71 bits per heavy atom. The Labute approximate surface area is 139 Å². The molecule has 1 amide bonds. The molecule has 1 aromatic rings. The molecule has 6 heteroatoms. The van der Waals surface area contributed by atoms with Gasteiger partial charge in [0.15, 0.2) is 0 Å². The lowest BCUT2D eigenvalue weighted by molar-refractivity contribution is -0.152. The van der Waals surface area contributed by atoms with Crippen molar-refractivity contribution in [2.24, 2.45) is 11.8 Å². The van der Waals surface area contributed by atoms with E-state index in [0.29, 0.717) is 25.7 Å². The van der Waals surface area contributed by atoms with Crippen LogP contribution in [0.3, 0.4) is 0 Å². The van der Waals surface area contributed by atoms with E-state index in [4.69, 9.17) is 5.11 Å². The number of carboxylic acid groups (broad SMARTS) is 1. The number of carbonyl (C=O) groups excluding carboxylic acids is 1. The van der Waals surface area contributed by atoms with Gasteiger partial charge in [0.2, 0.25) is 5.91 Å². The summed E-state index contributed by atoms with van der Waals surface area (Å²) in [5, 5.41) is 11.8. The molecule has 0 aromatic heterocycles. The molecule has 0 saturated heterocycles. The average Bonchev–Trinajstić information content (AvgIpc) is 2.93. The van der Waals surface area contributed by atoms with Crippen molar-refractivity contribution in [3.8, 4) is 0 Å². The van der Waals surface area contributed by atoms with E-state index in [9.17, 15) is 18.4 Å². The van der Waals surface area contributed by atoms with E-state index in [1.807, 2.05) is 0 Å². The molecule has 0 radical (unpaired) electrons. The second kappa shape index (κ2) is 6.49. The van der Waals surface area contributed by atoms with Gasteiger partial charge in [0.25, 0.3) is 0 Å². The van der Waals surface area contributed by atoms with Gasteiger partial charge in [-0.25, -0.2) is 8.78 Å². The summed E-state index contributed by atoms with van der Waals surface area (Å²) in [6.45, 7) is 0.145. The van der Waals surface area contributed by atoms with Crippen LogP contribution in [0.15, 0.2) is 18.2 Å². The molecule has 2 unspecified atom stereocenters. The van der Waals surface area contributed by atoms with E-state index in [1.54, 1.807) is 0 Å². The molecule has 2 aliphatic rings. The zero-order valence-corrected chi connectivity index (χ0v) is 13.4. The highest BCUT2D eigenvalue weighted by molar-refractivity contribution is 5.86. The van der Waals surface area contributed by atoms with Gasteiger partial charge in [-0.15, -0.1) is 0 Å². The van der Waals surface area contributed by atoms with Crippen molar-refractivity contribution in [1.82, 2.24) is 5.32 Å². The zero-order chi connectivity index (χ0) is 17.3. The van der Waals surface area contributed by atoms with Gasteiger partial charge < -0.3 is 10.4 Å². The minimum absolute atomic E-state index is 0.0474. The molecule has 0 heterocycles. The number of carboxylic acids is 1. The molecule has 2 N–H and O–H groups in total. The fraction of sp³-hybridized carbons (Fsp3) is 0.556. The van der Waals surface area contributed by atoms with Gasteiger partial charge in [0, 0.05) is 17.5 Å². The number of benzene rings is 1. The predicted octanol–water partition coefficient (Wildman–Crippen LogP) is 3.00. The Morgan fingerprint density at radius 3 is 2.21 bits per heavy atom. The Morgan fingerprint density at radius 1 is 1.12 bits per heavy atom. The van der Waals surface area contributed by atoms with Crippen LogP contribution < -0.4 is 5.32 Å². The monoisotopic (exact) mass is 337 g/mol. The van der Waals surface area contributed by atoms with Crippen LogP contribution in [0, 0.1) is 23.5 Å². The molecule has 2 atom stereocenters. The molecule has 130 valence electrons. The number of halogens is 2. The summed E-state index contributed by atoms with van der Waals surface area (Å²) in [5.74, 6) is -3.63. The van der Waals surface area contributed by atoms with Crippen molar-refractivity contribution in [2.45, 2.75) is 43.9 Å². The van der Waals surface area contributed by atoms with Crippen LogP contribution in [0.2, 0.25) is 0 Å². The molecule has 24 heavy (non-hydrogen) atoms. The number of hydrogen-bond acceptors (Lipinski definition) is 2. The number of nitrogens with one attached hydrogen (secondary N) is 1. The van der Waals surface area contributed by atoms with Crippen LogP contribution >= 0.6 is 0 Å². The van der Waals surface area contributed by atoms with Crippen molar-refractivity contribution in [2.75, 3.05) is 6.54 Å². The Bertz CT molecular complexity index is 635. The first-order valence-electron chi connectivity index (χ1n) is 8.40. The number of amides is 1. The van der Waals surface area contributed by atoms with Crippen LogP contribution in [0.25, 0.3) is 0 Å². The van der Waals surface area contributed by atoms with E-state index >= 15 is 0 Å². The van der Waals surface area contributed by atoms with E-state index in [0.717, 1.165) is 12.8 Å². The molecule has 0 bridgehead atoms. The van der Waals surface area contributed by atoms with Crippen LogP contribution in [-0.4, -0.2) is 23.5 Å². The quantitative estimate of drug-likeness (QED) is 0.868. The number of hydrogen-bond donors (Lipinski definition) is 2. The fourth-order valence-corrected chi connectivity index (χ4v) is 4.07. The first-order chi connectivity index (χ1) is 11.4. The number of rotatable bonds is 5. The molecular formula is C18H21F2NO3. The lowest BCUT2D eigenvalue weighted by atomic mass is 9.72. The third-order valence-electron chi connectivity index (χ3n) is 5.58. The summed E-state index contributed by atoms with van der Waals surface area (Å²) in [5.41, 5.74) is -0.695. The minimum Gasteiger partial charge on any atom is -0.481 e. The van der Waals surface area contributed by atoms with Crippen molar-refractivity contribution in [3.63, 3.8) is 0 Å². The van der Waals surface area contributed by atoms with Gasteiger partial charge in [-0.1, -0.05) is 18.9 Å². The molecule has 4 nitrogen and oxygen atoms in total. The van der Waals surface area contributed by atoms with Crippen molar-refractivity contribution in [3.05, 3.63) is 35.4 Å². The summed E-state index contributed by atoms with van der Waals surface area (Å²) in [6.07, 6.45) is 3.97. The standard InChI is InChI=1S/C18H21F2NO3/c19-13-4-3-5-14(20)15(13)18(8-1-2-9-18)10-21-16(22)11-6-7-12(11)17(23)24/h3-5,11-12H,1-2,6-10H2,(H,21,22)(H,23,24). The van der Waals surface area contributed by atoms with E-state index in [1.165, 1.54) is 18.2 Å². The molecule has 2 saturated carbocycles. The molecular weight excluding hydrogens is 316 g/mol. The van der Waals surface area contributed by atoms with Gasteiger partial charge in [-0.2, -0.15) is 0 Å². The van der Waals surface area contributed by atoms with Gasteiger partial charge in [0.05, 0.1) is 11.8 Å². The SMILES string of the molecule is O=C(O)C1CCC1C(=O)NCC1(c2c(F)cccc2F)CCCC1. The van der Waals surface area contributed by atoms with Gasteiger partial charge in [-0.3, -0.25) is 9.59 Å². The molecule has 1 aromatic carbocycles. The summed E-state index contributed by atoms with van der Waals surface area (Å²) in [7, 11) is 0. The first-order valence-corrected chi connectivity index (χ1v) is 8.40. The zero-order valence-electron chi connectivity index (χ0n) is 13.4. The van der Waals surface area contributed by atoms with Crippen LogP contribution in [0.5, 0.6) is 0 Å². The van der Waals surface area contributed by atoms with Gasteiger partial charge >= 0.3 is 5.97 Å². The Balaban J connectivity index is 1.76. The maximum Gasteiger partial charge on any atom is 0.307 e. The van der Waals surface area contributed by atoms with Crippen molar-refractivity contribution in [1.29, 1.82) is 0 Å². The van der Waals surface area contributed by atoms with Crippen molar-refractivity contribution >= 4 is 11.9 Å². The Hall–Kier alpha value is -1.98. The fourth-order valence-electron chi connectivity index (χ4n) is 4.07. The van der Waals surface area contributed by atoms with E-state index < -0.39 is 34.9 Å². The Kier molecular flexibility index (Phi) is 4.56. The smallest absolute Gasteiger partial charge is 0.307 e. The average molecular weight is 337 g/mol. The summed E-state index contributed by atoms with van der Waals surface area (Å²) < 4.78 is 28.5. The normalized spacial score (nSPS) is 25.1. The molecule has 2 aliphatic carbocycles. The minimum atomic E-state index is -0.961. The maximum atomic E-state index is 14.2. The molecule has 0 aliphatic heterocycles. The highest BCUT2D eigenvalue weighted by atomic mass is 19.1. The van der Waals surface area contributed by atoms with Crippen LogP contribution in [0.1, 0.15) is 44.1 Å². The highest BCUT2D eigenvalue weighted by Crippen LogP contribution is 2.43. The largest absolute Gasteiger partial charge is 0.481 e. The van der Waals surface area contributed by atoms with E-state index in [2.05, 4.69) is 5.32 Å². The number of carbonyl (C=O) groups is 2. The molecule has 3 rings (SSSR count). The molecule has 2 fully saturated rings. The first kappa shape index (κ1) is 16.9. The van der Waals surface area contributed by atoms with Crippen LogP contribution in [-0.2, 0) is 15.0 Å². The predicted molar refractivity (Wildman–Crippen MR) is 83.4 cm³/mol. The lowest BCUT2D eigenvalue weighted by Gasteiger charge is -2.35. The third-order valence-corrected chi connectivity index (χ3v) is 5.58. The number of aliphatic carboxylic acids is 1. The summed E-state index contributed by atoms with van der Waals surface area (Å²) in [6, 6.07) is 3.82. The summed E-state index contributed by atoms with van der Waals surface area (Å²) >= 11 is 0. The second-order valence-electron chi connectivity index (χ2n) is 6.93. The summed E-state index contributed by atoms with van der Waals surface area (Å²) in [4.78, 5) is 23.3.